The van der Waals surface area contributed by atoms with Crippen LogP contribution in [0.25, 0.3) is 22.5 Å². The lowest BCUT2D eigenvalue weighted by Crippen LogP contribution is -2.34. The number of aliphatic hydroxyl groups excluding tert-OH is 2. The first-order valence-corrected chi connectivity index (χ1v) is 10.9. The number of aliphatic hydroxyl groups is 2. The number of pyridine rings is 1. The Hall–Kier alpha value is -2.44. The fourth-order valence-electron chi connectivity index (χ4n) is 4.24. The molecule has 1 aliphatic heterocycles. The molecule has 3 aromatic rings. The van der Waals surface area contributed by atoms with Gasteiger partial charge in [-0.05, 0) is 53.3 Å². The molecule has 5 nitrogen and oxygen atoms in total. The van der Waals surface area contributed by atoms with Crippen LogP contribution in [0.4, 0.5) is 0 Å². The van der Waals surface area contributed by atoms with E-state index in [2.05, 4.69) is 13.8 Å². The third-order valence-corrected chi connectivity index (χ3v) is 5.86. The predicted octanol–water partition coefficient (Wildman–Crippen LogP) is 4.64. The molecular weight excluding hydrogens is 414 g/mol. The molecule has 6 heteroatoms. The molecule has 1 saturated heterocycles. The van der Waals surface area contributed by atoms with Crippen molar-refractivity contribution in [3.8, 4) is 5.69 Å². The fraction of sp³-hybridized carbons (Fsp3) is 0.320. The molecule has 0 amide bonds. The normalized spacial score (nSPS) is 21.9. The van der Waals surface area contributed by atoms with Crippen LogP contribution in [0.5, 0.6) is 0 Å². The molecule has 1 fully saturated rings. The molecule has 0 saturated carbocycles. The average molecular weight is 440 g/mol. The molecule has 31 heavy (non-hydrogen) atoms. The summed E-state index contributed by atoms with van der Waals surface area (Å²) in [5, 5.41) is 22.0. The van der Waals surface area contributed by atoms with E-state index in [0.717, 1.165) is 16.6 Å². The van der Waals surface area contributed by atoms with E-state index in [4.69, 9.17) is 16.3 Å². The summed E-state index contributed by atoms with van der Waals surface area (Å²) in [7, 11) is 0. The Morgan fingerprint density at radius 3 is 2.39 bits per heavy atom. The first-order valence-electron chi connectivity index (χ1n) is 10.5. The minimum atomic E-state index is -1.00. The van der Waals surface area contributed by atoms with Gasteiger partial charge in [-0.25, -0.2) is 0 Å². The summed E-state index contributed by atoms with van der Waals surface area (Å²) in [6.07, 6.45) is 2.20. The van der Waals surface area contributed by atoms with Crippen LogP contribution in [0.15, 0.2) is 59.4 Å². The number of rotatable bonds is 4. The lowest BCUT2D eigenvalue weighted by Gasteiger charge is -2.28. The number of ether oxygens (including phenoxy) is 1. The molecule has 4 rings (SSSR count). The number of halogens is 1. The lowest BCUT2D eigenvalue weighted by molar-refractivity contribution is -0.175. The monoisotopic (exact) mass is 439 g/mol. The van der Waals surface area contributed by atoms with Gasteiger partial charge in [0.05, 0.1) is 17.9 Å². The Kier molecular flexibility index (Phi) is 6.30. The Morgan fingerprint density at radius 2 is 1.74 bits per heavy atom. The highest BCUT2D eigenvalue weighted by atomic mass is 35.5. The predicted molar refractivity (Wildman–Crippen MR) is 124 cm³/mol. The third-order valence-electron chi connectivity index (χ3n) is 5.61. The van der Waals surface area contributed by atoms with Gasteiger partial charge in [-0.2, -0.15) is 0 Å². The van der Waals surface area contributed by atoms with E-state index in [-0.39, 0.29) is 17.9 Å². The van der Waals surface area contributed by atoms with Crippen LogP contribution < -0.4 is 5.56 Å². The molecule has 1 aliphatic rings. The van der Waals surface area contributed by atoms with Gasteiger partial charge in [0.2, 0.25) is 0 Å². The molecule has 1 unspecified atom stereocenters. The van der Waals surface area contributed by atoms with Crippen LogP contribution in [0.1, 0.15) is 43.9 Å². The van der Waals surface area contributed by atoms with Crippen molar-refractivity contribution in [2.45, 2.75) is 51.1 Å². The van der Waals surface area contributed by atoms with Gasteiger partial charge in [-0.3, -0.25) is 9.36 Å². The van der Waals surface area contributed by atoms with E-state index >= 15 is 0 Å². The topological polar surface area (TPSA) is 71.7 Å². The standard InChI is InChI=1S/C25H26ClNO4/c1-15(2)24-20-5-3-4-6-21(20)25(30)27(17-9-7-16(26)8-10-17)22(24)12-11-19-13-18(28)14-23(29)31-19/h3-12,15,18-19,23,28-29H,13-14H2,1-2H3/t18-,19-,23?/m1/s1. The molecule has 162 valence electrons. The molecule has 2 heterocycles. The second-order valence-electron chi connectivity index (χ2n) is 8.23. The fourth-order valence-corrected chi connectivity index (χ4v) is 4.37. The maximum atomic E-state index is 13.5. The molecular formula is C25H26ClNO4. The number of hydrogen-bond donors (Lipinski definition) is 2. The SMILES string of the molecule is CC(C)c1c(C=C[C@@H]2C[C@@H](O)CC(O)O2)n(-c2ccc(Cl)cc2)c(=O)c2ccccc12. The van der Waals surface area contributed by atoms with Crippen LogP contribution in [0.3, 0.4) is 0 Å². The van der Waals surface area contributed by atoms with Crippen LogP contribution in [-0.4, -0.2) is 33.3 Å². The van der Waals surface area contributed by atoms with Crippen LogP contribution >= 0.6 is 11.6 Å². The van der Waals surface area contributed by atoms with E-state index in [1.54, 1.807) is 16.7 Å². The summed E-state index contributed by atoms with van der Waals surface area (Å²) in [4.78, 5) is 13.5. The minimum absolute atomic E-state index is 0.119. The highest BCUT2D eigenvalue weighted by Gasteiger charge is 2.26. The molecule has 2 N–H and O–H groups in total. The van der Waals surface area contributed by atoms with Crippen molar-refractivity contribution < 1.29 is 14.9 Å². The van der Waals surface area contributed by atoms with Gasteiger partial charge in [-0.15, -0.1) is 0 Å². The largest absolute Gasteiger partial charge is 0.393 e. The summed E-state index contributed by atoms with van der Waals surface area (Å²) in [6, 6.07) is 14.8. The molecule has 0 spiro atoms. The van der Waals surface area contributed by atoms with Crippen molar-refractivity contribution in [1.82, 2.24) is 4.57 Å². The van der Waals surface area contributed by atoms with Crippen LogP contribution in [-0.2, 0) is 4.74 Å². The molecule has 1 aromatic heterocycles. The summed E-state index contributed by atoms with van der Waals surface area (Å²) >= 11 is 6.08. The average Bonchev–Trinajstić information content (AvgIpc) is 2.72. The Labute approximate surface area is 186 Å². The first kappa shape index (κ1) is 21.8. The first-order chi connectivity index (χ1) is 14.8. The van der Waals surface area contributed by atoms with Gasteiger partial charge in [0.15, 0.2) is 6.29 Å². The molecule has 0 aliphatic carbocycles. The zero-order valence-corrected chi connectivity index (χ0v) is 18.3. The molecule has 0 radical (unpaired) electrons. The van der Waals surface area contributed by atoms with Crippen molar-refractivity contribution >= 4 is 28.4 Å². The summed E-state index contributed by atoms with van der Waals surface area (Å²) in [6.45, 7) is 4.20. The van der Waals surface area contributed by atoms with E-state index < -0.39 is 18.5 Å². The minimum Gasteiger partial charge on any atom is -0.393 e. The maximum absolute atomic E-state index is 13.5. The number of benzene rings is 2. The van der Waals surface area contributed by atoms with E-state index in [1.165, 1.54) is 0 Å². The van der Waals surface area contributed by atoms with E-state index in [0.29, 0.717) is 22.5 Å². The summed E-state index contributed by atoms with van der Waals surface area (Å²) in [5.74, 6) is 0.146. The van der Waals surface area contributed by atoms with Crippen molar-refractivity contribution in [2.24, 2.45) is 0 Å². The van der Waals surface area contributed by atoms with Gasteiger partial charge in [0, 0.05) is 28.9 Å². The number of aromatic nitrogens is 1. The van der Waals surface area contributed by atoms with Crippen LogP contribution in [0, 0.1) is 0 Å². The molecule has 3 atom stereocenters. The zero-order valence-electron chi connectivity index (χ0n) is 17.5. The second kappa shape index (κ2) is 8.97. The zero-order chi connectivity index (χ0) is 22.1. The van der Waals surface area contributed by atoms with Gasteiger partial charge < -0.3 is 14.9 Å². The van der Waals surface area contributed by atoms with Gasteiger partial charge in [0.1, 0.15) is 0 Å². The second-order valence-corrected chi connectivity index (χ2v) is 8.67. The number of hydrogen-bond acceptors (Lipinski definition) is 4. The van der Waals surface area contributed by atoms with Crippen molar-refractivity contribution in [3.63, 3.8) is 0 Å². The quantitative estimate of drug-likeness (QED) is 0.621. The van der Waals surface area contributed by atoms with E-state index in [1.807, 2.05) is 48.6 Å². The Morgan fingerprint density at radius 1 is 1.06 bits per heavy atom. The van der Waals surface area contributed by atoms with Gasteiger partial charge >= 0.3 is 0 Å². The lowest BCUT2D eigenvalue weighted by atomic mass is 9.93. The summed E-state index contributed by atoms with van der Waals surface area (Å²) < 4.78 is 7.26. The van der Waals surface area contributed by atoms with Gasteiger partial charge in [-0.1, -0.05) is 49.7 Å². The van der Waals surface area contributed by atoms with Gasteiger partial charge in [0.25, 0.3) is 5.56 Å². The Balaban J connectivity index is 1.95. The maximum Gasteiger partial charge on any atom is 0.263 e. The van der Waals surface area contributed by atoms with Crippen molar-refractivity contribution in [3.05, 3.63) is 81.2 Å². The third kappa shape index (κ3) is 4.46. The van der Waals surface area contributed by atoms with Crippen molar-refractivity contribution in [1.29, 1.82) is 0 Å². The molecule has 2 aromatic carbocycles. The van der Waals surface area contributed by atoms with Crippen molar-refractivity contribution in [2.75, 3.05) is 0 Å². The molecule has 0 bridgehead atoms. The van der Waals surface area contributed by atoms with Crippen LogP contribution in [0.2, 0.25) is 5.02 Å². The highest BCUT2D eigenvalue weighted by Crippen LogP contribution is 2.30. The summed E-state index contributed by atoms with van der Waals surface area (Å²) in [5.41, 5.74) is 2.38. The number of nitrogens with zero attached hydrogens (tertiary/aromatic N) is 1. The Bertz CT molecular complexity index is 1160. The smallest absolute Gasteiger partial charge is 0.263 e. The highest BCUT2D eigenvalue weighted by molar-refractivity contribution is 6.30. The number of fused-ring (bicyclic) bond motifs is 1. The van der Waals surface area contributed by atoms with E-state index in [9.17, 15) is 15.0 Å².